The molecule has 1 atom stereocenters. The van der Waals surface area contributed by atoms with E-state index in [1.165, 1.54) is 17.1 Å². The van der Waals surface area contributed by atoms with Crippen LogP contribution >= 0.6 is 38.8 Å². The molecule has 1 unspecified atom stereocenters. The highest BCUT2D eigenvalue weighted by atomic mass is 79.9. The minimum atomic E-state index is 0.212. The van der Waals surface area contributed by atoms with E-state index < -0.39 is 0 Å². The number of nitrogens with one attached hydrogen (secondary N) is 1. The van der Waals surface area contributed by atoms with Gasteiger partial charge in [0.25, 0.3) is 0 Å². The third-order valence-corrected chi connectivity index (χ3v) is 4.06. The van der Waals surface area contributed by atoms with Crippen LogP contribution in [-0.4, -0.2) is 11.4 Å². The fourth-order valence-corrected chi connectivity index (χ4v) is 3.08. The summed E-state index contributed by atoms with van der Waals surface area (Å²) in [5, 5.41) is 7.41. The molecule has 0 saturated heterocycles. The van der Waals surface area contributed by atoms with E-state index >= 15 is 0 Å². The van der Waals surface area contributed by atoms with Crippen LogP contribution in [0.5, 0.6) is 0 Å². The molecule has 0 fully saturated rings. The van der Waals surface area contributed by atoms with Gasteiger partial charge >= 0.3 is 0 Å². The normalized spacial score (nSPS) is 13.0. The predicted molar refractivity (Wildman–Crippen MR) is 65.0 cm³/mol. The molecule has 14 heavy (non-hydrogen) atoms. The molecule has 5 heteroatoms. The monoisotopic (exact) mass is 288 g/mol. The van der Waals surface area contributed by atoms with Gasteiger partial charge in [0.05, 0.1) is 15.5 Å². The number of nitrogens with zero attached hydrogens (tertiary/aromatic N) is 1. The summed E-state index contributed by atoms with van der Waals surface area (Å²) in [6.07, 6.45) is 0. The van der Waals surface area contributed by atoms with E-state index in [0.29, 0.717) is 0 Å². The first kappa shape index (κ1) is 10.3. The van der Waals surface area contributed by atoms with E-state index in [9.17, 15) is 0 Å². The molecule has 0 aliphatic carbocycles. The van der Waals surface area contributed by atoms with Crippen LogP contribution in [0.2, 0.25) is 0 Å². The van der Waals surface area contributed by atoms with Crippen LogP contribution in [0.25, 0.3) is 0 Å². The summed E-state index contributed by atoms with van der Waals surface area (Å²) < 4.78 is 5.50. The van der Waals surface area contributed by atoms with E-state index in [2.05, 4.69) is 43.1 Å². The molecule has 0 saturated carbocycles. The SMILES string of the molecule is CNC(c1csc(Br)c1)c1ccsn1. The molecule has 0 amide bonds. The largest absolute Gasteiger partial charge is 0.308 e. The van der Waals surface area contributed by atoms with Gasteiger partial charge in [-0.1, -0.05) is 0 Å². The van der Waals surface area contributed by atoms with Crippen molar-refractivity contribution in [2.75, 3.05) is 7.05 Å². The van der Waals surface area contributed by atoms with Gasteiger partial charge in [0.2, 0.25) is 0 Å². The molecule has 74 valence electrons. The number of thiophene rings is 1. The van der Waals surface area contributed by atoms with Crippen molar-refractivity contribution in [3.63, 3.8) is 0 Å². The van der Waals surface area contributed by atoms with E-state index in [1.807, 2.05) is 12.4 Å². The molecule has 0 aromatic carbocycles. The zero-order valence-corrected chi connectivity index (χ0v) is 10.7. The Hall–Kier alpha value is -0.230. The zero-order valence-electron chi connectivity index (χ0n) is 7.53. The van der Waals surface area contributed by atoms with Crippen LogP contribution in [0.1, 0.15) is 17.3 Å². The third-order valence-electron chi connectivity index (χ3n) is 1.96. The Morgan fingerprint density at radius 3 is 2.93 bits per heavy atom. The Morgan fingerprint density at radius 2 is 2.43 bits per heavy atom. The second kappa shape index (κ2) is 4.53. The average molecular weight is 289 g/mol. The number of aromatic nitrogens is 1. The van der Waals surface area contributed by atoms with Gasteiger partial charge in [-0.2, -0.15) is 4.37 Å². The van der Waals surface area contributed by atoms with Gasteiger partial charge in [0.15, 0.2) is 0 Å². The van der Waals surface area contributed by atoms with Gasteiger partial charge in [-0.15, -0.1) is 11.3 Å². The zero-order chi connectivity index (χ0) is 9.97. The topological polar surface area (TPSA) is 24.9 Å². The first-order valence-corrected chi connectivity index (χ1v) is 6.63. The summed E-state index contributed by atoms with van der Waals surface area (Å²) in [5.41, 5.74) is 2.35. The molecular weight excluding hydrogens is 280 g/mol. The van der Waals surface area contributed by atoms with E-state index in [0.717, 1.165) is 9.48 Å². The van der Waals surface area contributed by atoms with Crippen LogP contribution < -0.4 is 5.32 Å². The van der Waals surface area contributed by atoms with Gasteiger partial charge in [-0.25, -0.2) is 0 Å². The molecule has 0 bridgehead atoms. The summed E-state index contributed by atoms with van der Waals surface area (Å²) in [5.74, 6) is 0. The first-order chi connectivity index (χ1) is 6.81. The number of rotatable bonds is 3. The lowest BCUT2D eigenvalue weighted by Gasteiger charge is -2.11. The molecule has 2 nitrogen and oxygen atoms in total. The summed E-state index contributed by atoms with van der Waals surface area (Å²) in [4.78, 5) is 0. The highest BCUT2D eigenvalue weighted by Crippen LogP contribution is 2.28. The maximum atomic E-state index is 4.34. The van der Waals surface area contributed by atoms with Crippen LogP contribution in [0, 0.1) is 0 Å². The predicted octanol–water partition coefficient (Wildman–Crippen LogP) is 3.28. The second-order valence-electron chi connectivity index (χ2n) is 2.83. The molecule has 0 radical (unpaired) electrons. The lowest BCUT2D eigenvalue weighted by Crippen LogP contribution is -2.17. The van der Waals surface area contributed by atoms with Crippen molar-refractivity contribution in [3.8, 4) is 0 Å². The van der Waals surface area contributed by atoms with Gasteiger partial charge in [0.1, 0.15) is 0 Å². The second-order valence-corrected chi connectivity index (χ2v) is 5.79. The maximum Gasteiger partial charge on any atom is 0.0768 e. The molecule has 0 aliphatic rings. The summed E-state index contributed by atoms with van der Waals surface area (Å²) in [6.45, 7) is 0. The molecule has 1 N–H and O–H groups in total. The first-order valence-electron chi connectivity index (χ1n) is 4.12. The van der Waals surface area contributed by atoms with E-state index in [-0.39, 0.29) is 6.04 Å². The standard InChI is InChI=1S/C9H9BrN2S2/c1-11-9(7-2-3-14-12-7)6-4-8(10)13-5-6/h2-5,9,11H,1H3. The highest BCUT2D eigenvalue weighted by molar-refractivity contribution is 9.11. The molecule has 2 rings (SSSR count). The molecule has 2 aromatic rings. The summed E-state index contributed by atoms with van der Waals surface area (Å²) in [7, 11) is 1.95. The Balaban J connectivity index is 2.31. The van der Waals surface area contributed by atoms with Crippen LogP contribution in [0.15, 0.2) is 26.7 Å². The lowest BCUT2D eigenvalue weighted by atomic mass is 10.1. The van der Waals surface area contributed by atoms with Crippen LogP contribution in [0.4, 0.5) is 0 Å². The average Bonchev–Trinajstić information content (AvgIpc) is 2.79. The van der Waals surface area contributed by atoms with Crippen LogP contribution in [0.3, 0.4) is 0 Å². The third kappa shape index (κ3) is 2.06. The fourth-order valence-electron chi connectivity index (χ4n) is 1.33. The Labute approximate surface area is 99.3 Å². The van der Waals surface area contributed by atoms with Crippen molar-refractivity contribution in [2.24, 2.45) is 0 Å². The highest BCUT2D eigenvalue weighted by Gasteiger charge is 2.14. The van der Waals surface area contributed by atoms with Crippen molar-refractivity contribution < 1.29 is 0 Å². The molecule has 2 aromatic heterocycles. The Kier molecular flexibility index (Phi) is 3.33. The maximum absolute atomic E-state index is 4.34. The molecule has 0 aliphatic heterocycles. The van der Waals surface area contributed by atoms with E-state index in [1.54, 1.807) is 11.3 Å². The quantitative estimate of drug-likeness (QED) is 0.938. The number of hydrogen-bond donors (Lipinski definition) is 1. The number of hydrogen-bond acceptors (Lipinski definition) is 4. The van der Waals surface area contributed by atoms with Gasteiger partial charge < -0.3 is 5.32 Å². The summed E-state index contributed by atoms with van der Waals surface area (Å²) >= 11 is 6.65. The van der Waals surface area contributed by atoms with Gasteiger partial charge in [-0.3, -0.25) is 0 Å². The smallest absolute Gasteiger partial charge is 0.0768 e. The molecule has 0 spiro atoms. The number of halogens is 1. The minimum Gasteiger partial charge on any atom is -0.308 e. The van der Waals surface area contributed by atoms with Gasteiger partial charge in [0, 0.05) is 5.38 Å². The molecular formula is C9H9BrN2S2. The fraction of sp³-hybridized carbons (Fsp3) is 0.222. The Bertz CT molecular complexity index is 397. The summed E-state index contributed by atoms with van der Waals surface area (Å²) in [6, 6.07) is 4.39. The van der Waals surface area contributed by atoms with Crippen molar-refractivity contribution >= 4 is 38.8 Å². The van der Waals surface area contributed by atoms with Gasteiger partial charge in [-0.05, 0) is 57.6 Å². The van der Waals surface area contributed by atoms with Crippen molar-refractivity contribution in [1.82, 2.24) is 9.69 Å². The molecule has 2 heterocycles. The van der Waals surface area contributed by atoms with Crippen LogP contribution in [-0.2, 0) is 0 Å². The van der Waals surface area contributed by atoms with Crippen molar-refractivity contribution in [3.05, 3.63) is 37.9 Å². The van der Waals surface area contributed by atoms with Crippen molar-refractivity contribution in [1.29, 1.82) is 0 Å². The lowest BCUT2D eigenvalue weighted by molar-refractivity contribution is 0.681. The minimum absolute atomic E-state index is 0.212. The van der Waals surface area contributed by atoms with E-state index in [4.69, 9.17) is 0 Å². The Morgan fingerprint density at radius 1 is 1.57 bits per heavy atom. The van der Waals surface area contributed by atoms with Crippen molar-refractivity contribution in [2.45, 2.75) is 6.04 Å².